The number of carbonyl (C=O) groups excluding carboxylic acids is 1. The van der Waals surface area contributed by atoms with Crippen molar-refractivity contribution in [1.82, 2.24) is 5.43 Å². The molecule has 1 atom stereocenters. The summed E-state index contributed by atoms with van der Waals surface area (Å²) in [5.74, 6) is 4.79. The summed E-state index contributed by atoms with van der Waals surface area (Å²) < 4.78 is 0. The van der Waals surface area contributed by atoms with Gasteiger partial charge in [-0.05, 0) is 11.6 Å². The van der Waals surface area contributed by atoms with E-state index in [1.807, 2.05) is 30.3 Å². The van der Waals surface area contributed by atoms with E-state index in [2.05, 4.69) is 5.43 Å². The van der Waals surface area contributed by atoms with Gasteiger partial charge < -0.3 is 5.43 Å². The molecule has 0 saturated carbocycles. The van der Waals surface area contributed by atoms with E-state index < -0.39 is 0 Å². The number of hydrogen-bond acceptors (Lipinski definition) is 3. The third-order valence-electron chi connectivity index (χ3n) is 2.50. The highest BCUT2D eigenvalue weighted by Gasteiger charge is 2.25. The van der Waals surface area contributed by atoms with Crippen LogP contribution in [0.1, 0.15) is 11.5 Å². The lowest BCUT2D eigenvalue weighted by molar-refractivity contribution is -0.115. The predicted octanol–water partition coefficient (Wildman–Crippen LogP) is 1.82. The van der Waals surface area contributed by atoms with E-state index in [4.69, 9.17) is 17.4 Å². The van der Waals surface area contributed by atoms with Gasteiger partial charge in [0.15, 0.2) is 5.78 Å². The maximum absolute atomic E-state index is 12.0. The second kappa shape index (κ2) is 4.51. The Morgan fingerprint density at radius 1 is 1.25 bits per heavy atom. The van der Waals surface area contributed by atoms with Crippen LogP contribution in [0.15, 0.2) is 53.2 Å². The van der Waals surface area contributed by atoms with Gasteiger partial charge in [-0.2, -0.15) is 0 Å². The molecule has 0 fully saturated rings. The second-order valence-electron chi connectivity index (χ2n) is 3.48. The minimum Gasteiger partial charge on any atom is -0.323 e. The minimum atomic E-state index is -0.314. The van der Waals surface area contributed by atoms with Gasteiger partial charge >= 0.3 is 0 Å². The lowest BCUT2D eigenvalue weighted by atomic mass is 9.90. The van der Waals surface area contributed by atoms with Crippen molar-refractivity contribution in [1.29, 1.82) is 0 Å². The molecule has 0 radical (unpaired) electrons. The number of allylic oxidation sites excluding steroid dienone is 3. The Morgan fingerprint density at radius 3 is 2.56 bits per heavy atom. The summed E-state index contributed by atoms with van der Waals surface area (Å²) in [6, 6.07) is 9.50. The van der Waals surface area contributed by atoms with Gasteiger partial charge in [-0.25, -0.2) is 0 Å². The quantitative estimate of drug-likeness (QED) is 0.606. The summed E-state index contributed by atoms with van der Waals surface area (Å²) >= 11 is 5.91. The molecule has 4 heteroatoms. The summed E-state index contributed by atoms with van der Waals surface area (Å²) in [5, 5.41) is 0.152. The summed E-state index contributed by atoms with van der Waals surface area (Å²) in [6.45, 7) is 0. The zero-order valence-electron chi connectivity index (χ0n) is 8.48. The van der Waals surface area contributed by atoms with Gasteiger partial charge in [0.05, 0.1) is 11.6 Å². The number of ketones is 1. The second-order valence-corrected chi connectivity index (χ2v) is 3.86. The first-order chi connectivity index (χ1) is 7.74. The molecule has 16 heavy (non-hydrogen) atoms. The summed E-state index contributed by atoms with van der Waals surface area (Å²) in [7, 11) is 0. The first-order valence-corrected chi connectivity index (χ1v) is 5.25. The monoisotopic (exact) mass is 234 g/mol. The highest BCUT2D eigenvalue weighted by molar-refractivity contribution is 6.44. The molecule has 1 aliphatic carbocycles. The molecule has 0 bridgehead atoms. The molecule has 0 saturated heterocycles. The molecule has 3 N–H and O–H groups in total. The average molecular weight is 235 g/mol. The van der Waals surface area contributed by atoms with Crippen LogP contribution in [0.3, 0.4) is 0 Å². The van der Waals surface area contributed by atoms with Crippen molar-refractivity contribution in [3.8, 4) is 0 Å². The van der Waals surface area contributed by atoms with Crippen LogP contribution < -0.4 is 11.3 Å². The first-order valence-electron chi connectivity index (χ1n) is 4.88. The third-order valence-corrected chi connectivity index (χ3v) is 2.89. The van der Waals surface area contributed by atoms with Crippen LogP contribution in [-0.4, -0.2) is 5.78 Å². The van der Waals surface area contributed by atoms with Gasteiger partial charge in [0.2, 0.25) is 0 Å². The summed E-state index contributed by atoms with van der Waals surface area (Å²) in [4.78, 5) is 12.0. The number of nitrogens with two attached hydrogens (primary N) is 1. The molecule has 82 valence electrons. The van der Waals surface area contributed by atoms with Gasteiger partial charge in [-0.15, -0.1) is 0 Å². The Balaban J connectivity index is 2.34. The number of nitrogens with one attached hydrogen (secondary N) is 1. The number of rotatable bonds is 2. The van der Waals surface area contributed by atoms with Crippen LogP contribution in [-0.2, 0) is 4.79 Å². The van der Waals surface area contributed by atoms with Crippen molar-refractivity contribution in [2.24, 2.45) is 5.84 Å². The van der Waals surface area contributed by atoms with E-state index in [1.54, 1.807) is 12.2 Å². The Bertz CT molecular complexity index is 465. The molecule has 1 unspecified atom stereocenters. The normalized spacial score (nSPS) is 20.1. The zero-order valence-corrected chi connectivity index (χ0v) is 9.24. The maximum atomic E-state index is 12.0. The number of hydrazine groups is 1. The van der Waals surface area contributed by atoms with Gasteiger partial charge in [-0.1, -0.05) is 48.0 Å². The van der Waals surface area contributed by atoms with Gasteiger partial charge in [0.25, 0.3) is 0 Å². The van der Waals surface area contributed by atoms with Crippen LogP contribution in [0.4, 0.5) is 0 Å². The molecule has 0 spiro atoms. The van der Waals surface area contributed by atoms with Crippen molar-refractivity contribution >= 4 is 17.4 Å². The van der Waals surface area contributed by atoms with Crippen LogP contribution in [0.5, 0.6) is 0 Å². The topological polar surface area (TPSA) is 55.1 Å². The van der Waals surface area contributed by atoms with E-state index in [1.165, 1.54) is 0 Å². The SMILES string of the molecule is NNC1=C(Cl)C(=O)C(c2ccccc2)C=C1. The smallest absolute Gasteiger partial charge is 0.187 e. The fourth-order valence-corrected chi connectivity index (χ4v) is 1.89. The van der Waals surface area contributed by atoms with Gasteiger partial charge in [0, 0.05) is 0 Å². The van der Waals surface area contributed by atoms with Crippen molar-refractivity contribution in [3.63, 3.8) is 0 Å². The number of hydrogen-bond donors (Lipinski definition) is 2. The molecule has 1 aliphatic rings. The predicted molar refractivity (Wildman–Crippen MR) is 63.5 cm³/mol. The van der Waals surface area contributed by atoms with Gasteiger partial charge in [0.1, 0.15) is 5.03 Å². The summed E-state index contributed by atoms with van der Waals surface area (Å²) in [6.07, 6.45) is 3.51. The largest absolute Gasteiger partial charge is 0.323 e. The van der Waals surface area contributed by atoms with E-state index in [0.29, 0.717) is 5.70 Å². The van der Waals surface area contributed by atoms with E-state index in [9.17, 15) is 4.79 Å². The molecule has 0 heterocycles. The Morgan fingerprint density at radius 2 is 1.94 bits per heavy atom. The van der Waals surface area contributed by atoms with E-state index in [0.717, 1.165) is 5.56 Å². The van der Waals surface area contributed by atoms with Crippen LogP contribution >= 0.6 is 11.6 Å². The molecule has 1 aromatic rings. The molecular weight excluding hydrogens is 224 g/mol. The number of halogens is 1. The molecule has 0 aromatic heterocycles. The zero-order chi connectivity index (χ0) is 11.5. The Hall–Kier alpha value is -1.58. The first kappa shape index (κ1) is 10.9. The highest BCUT2D eigenvalue weighted by Crippen LogP contribution is 2.28. The Labute approximate surface area is 98.6 Å². The number of benzene rings is 1. The van der Waals surface area contributed by atoms with Crippen molar-refractivity contribution in [3.05, 3.63) is 58.8 Å². The van der Waals surface area contributed by atoms with Crippen molar-refractivity contribution in [2.45, 2.75) is 5.92 Å². The third kappa shape index (κ3) is 1.87. The molecule has 3 nitrogen and oxygen atoms in total. The molecule has 0 aliphatic heterocycles. The lowest BCUT2D eigenvalue weighted by Gasteiger charge is -2.17. The van der Waals surface area contributed by atoms with Crippen molar-refractivity contribution in [2.75, 3.05) is 0 Å². The average Bonchev–Trinajstić information content (AvgIpc) is 2.34. The summed E-state index contributed by atoms with van der Waals surface area (Å²) in [5.41, 5.74) is 3.78. The molecule has 1 aromatic carbocycles. The fourth-order valence-electron chi connectivity index (χ4n) is 1.66. The van der Waals surface area contributed by atoms with Crippen LogP contribution in [0.25, 0.3) is 0 Å². The number of Topliss-reactive ketones (excluding diaryl/α,β-unsaturated/α-hetero) is 1. The van der Waals surface area contributed by atoms with E-state index >= 15 is 0 Å². The molecule has 2 rings (SSSR count). The lowest BCUT2D eigenvalue weighted by Crippen LogP contribution is -2.26. The van der Waals surface area contributed by atoms with E-state index in [-0.39, 0.29) is 16.7 Å². The fraction of sp³-hybridized carbons (Fsp3) is 0.0833. The van der Waals surface area contributed by atoms with Crippen LogP contribution in [0, 0.1) is 0 Å². The van der Waals surface area contributed by atoms with Crippen LogP contribution in [0.2, 0.25) is 0 Å². The minimum absolute atomic E-state index is 0.136. The number of carbonyl (C=O) groups is 1. The maximum Gasteiger partial charge on any atom is 0.187 e. The molecule has 0 amide bonds. The molecular formula is C12H11ClN2O. The van der Waals surface area contributed by atoms with Crippen molar-refractivity contribution < 1.29 is 4.79 Å². The highest BCUT2D eigenvalue weighted by atomic mass is 35.5. The standard InChI is InChI=1S/C12H11ClN2O/c13-11-10(15-14)7-6-9(12(11)16)8-4-2-1-3-5-8/h1-7,9,15H,14H2. The van der Waals surface area contributed by atoms with Gasteiger partial charge in [-0.3, -0.25) is 10.6 Å². The Kier molecular flexibility index (Phi) is 3.08.